The number of hydrogen-bond donors (Lipinski definition) is 0. The third-order valence-electron chi connectivity index (χ3n) is 4.16. The van der Waals surface area contributed by atoms with E-state index in [1.54, 1.807) is 12.1 Å². The van der Waals surface area contributed by atoms with Crippen LogP contribution >= 0.6 is 0 Å². The third-order valence-corrected chi connectivity index (χ3v) is 4.16. The Labute approximate surface area is 143 Å². The topological polar surface area (TPSA) is 18.5 Å². The first kappa shape index (κ1) is 18.0. The summed E-state index contributed by atoms with van der Waals surface area (Å²) in [6.45, 7) is 0.501. The fraction of sp³-hybridized carbons (Fsp3) is 0.333. The zero-order valence-electron chi connectivity index (χ0n) is 13.4. The first-order valence-electron chi connectivity index (χ1n) is 8.06. The van der Waals surface area contributed by atoms with Gasteiger partial charge in [-0.3, -0.25) is 0 Å². The normalized spacial score (nSPS) is 16.2. The lowest BCUT2D eigenvalue weighted by molar-refractivity contribution is -0.139. The van der Waals surface area contributed by atoms with Crippen molar-refractivity contribution in [2.24, 2.45) is 5.92 Å². The molecule has 0 unspecified atom stereocenters. The minimum absolute atomic E-state index is 0.0136. The minimum Gasteiger partial charge on any atom is -0.407 e. The maximum absolute atomic E-state index is 13.0. The van der Waals surface area contributed by atoms with Gasteiger partial charge in [0.2, 0.25) is 0 Å². The van der Waals surface area contributed by atoms with Crippen molar-refractivity contribution in [3.8, 4) is 11.1 Å². The molecule has 1 fully saturated rings. The van der Waals surface area contributed by atoms with Crippen molar-refractivity contribution in [1.82, 2.24) is 0 Å². The highest BCUT2D eigenvalue weighted by molar-refractivity contribution is 6.61. The van der Waals surface area contributed by atoms with E-state index in [9.17, 15) is 17.6 Å². The molecule has 7 heteroatoms. The van der Waals surface area contributed by atoms with Gasteiger partial charge in [0.05, 0.1) is 0 Å². The lowest BCUT2D eigenvalue weighted by atomic mass is 9.76. The van der Waals surface area contributed by atoms with E-state index in [-0.39, 0.29) is 31.4 Å². The van der Waals surface area contributed by atoms with Gasteiger partial charge in [-0.2, -0.15) is 13.2 Å². The molecule has 0 atom stereocenters. The maximum atomic E-state index is 13.0. The largest absolute Gasteiger partial charge is 0.493 e. The molecule has 0 aromatic heterocycles. The van der Waals surface area contributed by atoms with Gasteiger partial charge in [-0.1, -0.05) is 36.4 Å². The van der Waals surface area contributed by atoms with Crippen molar-refractivity contribution in [2.75, 3.05) is 13.2 Å². The molecule has 0 saturated carbocycles. The van der Waals surface area contributed by atoms with Gasteiger partial charge in [-0.05, 0) is 35.1 Å². The van der Waals surface area contributed by atoms with Crippen LogP contribution in [0.25, 0.3) is 11.1 Å². The van der Waals surface area contributed by atoms with Gasteiger partial charge in [0.15, 0.2) is 0 Å². The monoisotopic (exact) mass is 352 g/mol. The summed E-state index contributed by atoms with van der Waals surface area (Å²) in [6.07, 6.45) is -4.95. The van der Waals surface area contributed by atoms with E-state index >= 15 is 0 Å². The Morgan fingerprint density at radius 2 is 1.40 bits per heavy atom. The van der Waals surface area contributed by atoms with Crippen molar-refractivity contribution in [1.29, 1.82) is 0 Å². The molecule has 0 spiro atoms. The summed E-state index contributed by atoms with van der Waals surface area (Å²) in [5.41, 5.74) is 2.63. The second-order valence-electron chi connectivity index (χ2n) is 6.15. The smallest absolute Gasteiger partial charge is 0.407 e. The summed E-state index contributed by atoms with van der Waals surface area (Å²) < 4.78 is 60.8. The van der Waals surface area contributed by atoms with E-state index in [2.05, 4.69) is 0 Å². The SMILES string of the molecule is Fc1ccc(-c2ccc(B3OCC(CCC(F)(F)F)CO3)cc2)cc1. The van der Waals surface area contributed by atoms with E-state index < -0.39 is 19.7 Å². The molecule has 1 aliphatic rings. The molecular formula is C18H17BF4O2. The van der Waals surface area contributed by atoms with Crippen LogP contribution in [0.15, 0.2) is 48.5 Å². The van der Waals surface area contributed by atoms with Gasteiger partial charge in [0.25, 0.3) is 0 Å². The summed E-state index contributed by atoms with van der Waals surface area (Å²) in [6, 6.07) is 13.6. The van der Waals surface area contributed by atoms with E-state index in [4.69, 9.17) is 9.31 Å². The molecule has 2 aromatic rings. The van der Waals surface area contributed by atoms with Crippen LogP contribution in [0.5, 0.6) is 0 Å². The van der Waals surface area contributed by atoms with Crippen molar-refractivity contribution >= 4 is 12.6 Å². The van der Waals surface area contributed by atoms with Crippen molar-refractivity contribution < 1.29 is 26.9 Å². The Kier molecular flexibility index (Phi) is 5.44. The fourth-order valence-electron chi connectivity index (χ4n) is 2.75. The van der Waals surface area contributed by atoms with Crippen LogP contribution in [0.4, 0.5) is 17.6 Å². The lowest BCUT2D eigenvalue weighted by Gasteiger charge is -2.27. The molecule has 1 aliphatic heterocycles. The molecule has 0 aliphatic carbocycles. The molecule has 132 valence electrons. The molecular weight excluding hydrogens is 335 g/mol. The average Bonchev–Trinajstić information content (AvgIpc) is 2.61. The summed E-state index contributed by atoms with van der Waals surface area (Å²) >= 11 is 0. The summed E-state index contributed by atoms with van der Waals surface area (Å²) in [4.78, 5) is 0. The predicted octanol–water partition coefficient (Wildman–Crippen LogP) is 4.19. The van der Waals surface area contributed by atoms with Gasteiger partial charge < -0.3 is 9.31 Å². The van der Waals surface area contributed by atoms with Crippen LogP contribution in [-0.4, -0.2) is 26.5 Å². The van der Waals surface area contributed by atoms with Crippen LogP contribution in [0.3, 0.4) is 0 Å². The van der Waals surface area contributed by atoms with Crippen LogP contribution < -0.4 is 5.46 Å². The first-order chi connectivity index (χ1) is 11.9. The average molecular weight is 352 g/mol. The number of benzene rings is 2. The molecule has 2 aromatic carbocycles. The second kappa shape index (κ2) is 7.58. The zero-order chi connectivity index (χ0) is 17.9. The molecule has 25 heavy (non-hydrogen) atoms. The summed E-state index contributed by atoms with van der Waals surface area (Å²) in [5.74, 6) is -0.527. The Balaban J connectivity index is 1.56. The molecule has 3 rings (SSSR count). The first-order valence-corrected chi connectivity index (χ1v) is 8.06. The highest BCUT2D eigenvalue weighted by atomic mass is 19.4. The molecule has 1 saturated heterocycles. The van der Waals surface area contributed by atoms with E-state index in [1.165, 1.54) is 12.1 Å². The van der Waals surface area contributed by atoms with Gasteiger partial charge in [-0.15, -0.1) is 0 Å². The van der Waals surface area contributed by atoms with Crippen LogP contribution in [0, 0.1) is 11.7 Å². The second-order valence-corrected chi connectivity index (χ2v) is 6.15. The Morgan fingerprint density at radius 1 is 0.880 bits per heavy atom. The molecule has 0 radical (unpaired) electrons. The molecule has 1 heterocycles. The quantitative estimate of drug-likeness (QED) is 0.607. The fourth-order valence-corrected chi connectivity index (χ4v) is 2.75. The molecule has 0 bridgehead atoms. The highest BCUT2D eigenvalue weighted by Crippen LogP contribution is 2.26. The van der Waals surface area contributed by atoms with Gasteiger partial charge >= 0.3 is 13.3 Å². The summed E-state index contributed by atoms with van der Waals surface area (Å²) in [5, 5.41) is 0. The standard InChI is InChI=1S/C18H17BF4O2/c20-17-7-3-15(4-8-17)14-1-5-16(6-2-14)19-24-11-13(12-25-19)9-10-18(21,22)23/h1-8,13H,9-12H2. The predicted molar refractivity (Wildman–Crippen MR) is 87.9 cm³/mol. The Hall–Kier alpha value is -1.86. The molecule has 0 amide bonds. The Bertz CT molecular complexity index is 678. The maximum Gasteiger partial charge on any atom is 0.493 e. The van der Waals surface area contributed by atoms with E-state index in [0.717, 1.165) is 16.6 Å². The minimum atomic E-state index is -4.15. The Morgan fingerprint density at radius 3 is 1.92 bits per heavy atom. The zero-order valence-corrected chi connectivity index (χ0v) is 13.4. The lowest BCUT2D eigenvalue weighted by Crippen LogP contribution is -2.44. The number of halogens is 4. The van der Waals surface area contributed by atoms with Crippen LogP contribution in [-0.2, 0) is 9.31 Å². The highest BCUT2D eigenvalue weighted by Gasteiger charge is 2.33. The molecule has 2 nitrogen and oxygen atoms in total. The number of hydrogen-bond acceptors (Lipinski definition) is 2. The van der Waals surface area contributed by atoms with Gasteiger partial charge in [0, 0.05) is 25.6 Å². The van der Waals surface area contributed by atoms with Crippen molar-refractivity contribution in [2.45, 2.75) is 19.0 Å². The van der Waals surface area contributed by atoms with Crippen LogP contribution in [0.1, 0.15) is 12.8 Å². The van der Waals surface area contributed by atoms with E-state index in [1.807, 2.05) is 24.3 Å². The van der Waals surface area contributed by atoms with Crippen LogP contribution in [0.2, 0.25) is 0 Å². The van der Waals surface area contributed by atoms with Gasteiger partial charge in [-0.25, -0.2) is 4.39 Å². The number of rotatable bonds is 4. The number of alkyl halides is 3. The van der Waals surface area contributed by atoms with Crippen molar-refractivity contribution in [3.05, 3.63) is 54.3 Å². The van der Waals surface area contributed by atoms with Crippen molar-refractivity contribution in [3.63, 3.8) is 0 Å². The van der Waals surface area contributed by atoms with Gasteiger partial charge in [0.1, 0.15) is 5.82 Å². The molecule has 0 N–H and O–H groups in total. The van der Waals surface area contributed by atoms with E-state index in [0.29, 0.717) is 0 Å². The third kappa shape index (κ3) is 5.06. The summed E-state index contributed by atoms with van der Waals surface area (Å²) in [7, 11) is -0.565.